The first-order valence-electron chi connectivity index (χ1n) is 16.6. The van der Waals surface area contributed by atoms with Gasteiger partial charge in [0.25, 0.3) is 15.9 Å². The van der Waals surface area contributed by atoms with Crippen molar-refractivity contribution in [3.63, 3.8) is 0 Å². The zero-order valence-corrected chi connectivity index (χ0v) is 29.4. The highest BCUT2D eigenvalue weighted by Crippen LogP contribution is 2.53. The molecule has 2 saturated heterocycles. The van der Waals surface area contributed by atoms with Gasteiger partial charge < -0.3 is 28.7 Å². The molecule has 3 heterocycles. The SMILES string of the molecule is COc1ccc2c(c1)C(OC(=O)N1CCN(C3CCN(C)CC3)CC1)(c1ccccc1OC(C)C)C(=O)N2S(=O)(=O)c1ccccc1OC. The second-order valence-electron chi connectivity index (χ2n) is 12.9. The molecule has 2 amide bonds. The van der Waals surface area contributed by atoms with Crippen LogP contribution in [0.4, 0.5) is 10.5 Å². The minimum Gasteiger partial charge on any atom is -0.497 e. The molecule has 3 aliphatic rings. The van der Waals surface area contributed by atoms with E-state index in [1.807, 2.05) is 13.8 Å². The van der Waals surface area contributed by atoms with Crippen molar-refractivity contribution in [3.05, 3.63) is 77.9 Å². The fourth-order valence-corrected chi connectivity index (χ4v) is 8.61. The number of likely N-dealkylation sites (tertiary alicyclic amines) is 1. The summed E-state index contributed by atoms with van der Waals surface area (Å²) < 4.78 is 53.3. The molecule has 3 aliphatic heterocycles. The van der Waals surface area contributed by atoms with Crippen LogP contribution < -0.4 is 18.5 Å². The third-order valence-electron chi connectivity index (χ3n) is 9.52. The number of para-hydroxylation sites is 2. The van der Waals surface area contributed by atoms with Crippen molar-refractivity contribution in [2.75, 3.05) is 64.8 Å². The Morgan fingerprint density at radius 3 is 2.14 bits per heavy atom. The minimum absolute atomic E-state index is 0.0240. The highest BCUT2D eigenvalue weighted by molar-refractivity contribution is 7.93. The molecule has 3 aromatic rings. The quantitative estimate of drug-likeness (QED) is 0.321. The number of ether oxygens (including phenoxy) is 4. The van der Waals surface area contributed by atoms with Gasteiger partial charge in [-0.2, -0.15) is 4.31 Å². The fourth-order valence-electron chi connectivity index (χ4n) is 6.99. The number of piperazine rings is 1. The average molecular weight is 693 g/mol. The van der Waals surface area contributed by atoms with Crippen LogP contribution in [-0.2, 0) is 25.2 Å². The summed E-state index contributed by atoms with van der Waals surface area (Å²) in [6.07, 6.45) is 1.10. The number of anilines is 1. The molecule has 0 spiro atoms. The summed E-state index contributed by atoms with van der Waals surface area (Å²) in [5.74, 6) is -0.306. The van der Waals surface area contributed by atoms with Gasteiger partial charge in [-0.05, 0) is 83.2 Å². The number of rotatable bonds is 9. The molecule has 0 N–H and O–H groups in total. The maximum absolute atomic E-state index is 15.1. The molecule has 0 aliphatic carbocycles. The highest BCUT2D eigenvalue weighted by Gasteiger charge is 2.61. The van der Waals surface area contributed by atoms with E-state index >= 15 is 4.79 Å². The van der Waals surface area contributed by atoms with Crippen LogP contribution >= 0.6 is 0 Å². The van der Waals surface area contributed by atoms with Crippen molar-refractivity contribution >= 4 is 27.7 Å². The molecule has 1 unspecified atom stereocenters. The third-order valence-corrected chi connectivity index (χ3v) is 11.3. The predicted molar refractivity (Wildman–Crippen MR) is 184 cm³/mol. The zero-order valence-electron chi connectivity index (χ0n) is 28.6. The lowest BCUT2D eigenvalue weighted by molar-refractivity contribution is -0.132. The molecule has 0 aromatic heterocycles. The zero-order chi connectivity index (χ0) is 34.9. The number of hydrogen-bond donors (Lipinski definition) is 0. The minimum atomic E-state index is -4.60. The monoisotopic (exact) mass is 692 g/mol. The molecular formula is C36H44N4O8S. The summed E-state index contributed by atoms with van der Waals surface area (Å²) in [5, 5.41) is 0. The van der Waals surface area contributed by atoms with E-state index in [1.54, 1.807) is 53.4 Å². The molecule has 3 aromatic carbocycles. The number of amides is 2. The number of benzene rings is 3. The lowest BCUT2D eigenvalue weighted by atomic mass is 9.86. The molecule has 262 valence electrons. The van der Waals surface area contributed by atoms with Gasteiger partial charge in [0, 0.05) is 37.8 Å². The molecule has 0 radical (unpaired) electrons. The van der Waals surface area contributed by atoms with E-state index in [1.165, 1.54) is 32.4 Å². The lowest BCUT2D eigenvalue weighted by Gasteiger charge is -2.42. The smallest absolute Gasteiger partial charge is 0.411 e. The number of sulfonamides is 1. The number of fused-ring (bicyclic) bond motifs is 1. The summed E-state index contributed by atoms with van der Waals surface area (Å²) in [5.41, 5.74) is -1.89. The number of methoxy groups -OCH3 is 2. The van der Waals surface area contributed by atoms with Crippen molar-refractivity contribution in [2.45, 2.75) is 49.3 Å². The van der Waals surface area contributed by atoms with Crippen LogP contribution in [-0.4, -0.2) is 108 Å². The molecule has 49 heavy (non-hydrogen) atoms. The van der Waals surface area contributed by atoms with Crippen LogP contribution in [0.5, 0.6) is 17.2 Å². The predicted octanol–water partition coefficient (Wildman–Crippen LogP) is 4.32. The van der Waals surface area contributed by atoms with Gasteiger partial charge in [-0.3, -0.25) is 9.69 Å². The average Bonchev–Trinajstić information content (AvgIpc) is 3.35. The van der Waals surface area contributed by atoms with E-state index in [0.29, 0.717) is 42.3 Å². The normalized spacial score (nSPS) is 20.7. The molecule has 13 heteroatoms. The van der Waals surface area contributed by atoms with Crippen molar-refractivity contribution in [1.82, 2.24) is 14.7 Å². The van der Waals surface area contributed by atoms with E-state index in [9.17, 15) is 13.2 Å². The van der Waals surface area contributed by atoms with E-state index in [0.717, 1.165) is 25.9 Å². The Labute approximate surface area is 288 Å². The van der Waals surface area contributed by atoms with Crippen molar-refractivity contribution in [3.8, 4) is 17.2 Å². The standard InChI is InChI=1S/C36H44N4O8S/c1-25(2)47-31-11-7-6-10-28(31)36(48-35(42)39-22-20-38(21-23-39)26-16-18-37(3)19-17-26)29-24-27(45-4)14-15-30(29)40(34(36)41)49(43,44)33-13-9-8-12-32(33)46-5/h6-15,24-26H,16-23H2,1-5H3. The van der Waals surface area contributed by atoms with E-state index in [-0.39, 0.29) is 39.3 Å². The van der Waals surface area contributed by atoms with Crippen molar-refractivity contribution in [1.29, 1.82) is 0 Å². The van der Waals surface area contributed by atoms with E-state index in [2.05, 4.69) is 16.8 Å². The Kier molecular flexibility index (Phi) is 9.79. The maximum atomic E-state index is 15.1. The van der Waals surface area contributed by atoms with Gasteiger partial charge in [0.2, 0.25) is 5.60 Å². The van der Waals surface area contributed by atoms with Gasteiger partial charge in [-0.15, -0.1) is 0 Å². The summed E-state index contributed by atoms with van der Waals surface area (Å²) in [6.45, 7) is 7.86. The Hall–Kier alpha value is -4.33. The molecule has 0 bridgehead atoms. The molecule has 12 nitrogen and oxygen atoms in total. The van der Waals surface area contributed by atoms with Gasteiger partial charge in [-0.25, -0.2) is 13.2 Å². The number of nitrogens with zero attached hydrogens (tertiary/aromatic N) is 4. The summed E-state index contributed by atoms with van der Waals surface area (Å²) in [4.78, 5) is 35.6. The van der Waals surface area contributed by atoms with Crippen molar-refractivity contribution in [2.24, 2.45) is 0 Å². The van der Waals surface area contributed by atoms with Crippen molar-refractivity contribution < 1.29 is 37.0 Å². The van der Waals surface area contributed by atoms with E-state index < -0.39 is 27.6 Å². The number of piperidine rings is 1. The second-order valence-corrected chi connectivity index (χ2v) is 14.6. The largest absolute Gasteiger partial charge is 0.497 e. The van der Waals surface area contributed by atoms with Gasteiger partial charge in [0.05, 0.1) is 31.6 Å². The molecule has 6 rings (SSSR count). The van der Waals surface area contributed by atoms with Crippen LogP contribution in [0.15, 0.2) is 71.6 Å². The summed E-state index contributed by atoms with van der Waals surface area (Å²) >= 11 is 0. The van der Waals surface area contributed by atoms with Crippen LogP contribution in [0.25, 0.3) is 0 Å². The molecule has 2 fully saturated rings. The molecule has 1 atom stereocenters. The first-order valence-corrected chi connectivity index (χ1v) is 18.0. The van der Waals surface area contributed by atoms with Gasteiger partial charge in [0.15, 0.2) is 0 Å². The second kappa shape index (κ2) is 13.9. The van der Waals surface area contributed by atoms with Crippen LogP contribution in [0.1, 0.15) is 37.8 Å². The van der Waals surface area contributed by atoms with Crippen LogP contribution in [0, 0.1) is 0 Å². The maximum Gasteiger partial charge on any atom is 0.411 e. The lowest BCUT2D eigenvalue weighted by Crippen LogP contribution is -2.55. The Morgan fingerprint density at radius 1 is 0.837 bits per heavy atom. The summed E-state index contributed by atoms with van der Waals surface area (Å²) in [7, 11) is 0.355. The number of hydrogen-bond acceptors (Lipinski definition) is 10. The molecular weight excluding hydrogens is 648 g/mol. The molecule has 0 saturated carbocycles. The van der Waals surface area contributed by atoms with Crippen LogP contribution in [0.2, 0.25) is 0 Å². The first kappa shape index (κ1) is 34.5. The Morgan fingerprint density at radius 2 is 1.49 bits per heavy atom. The first-order chi connectivity index (χ1) is 23.5. The highest BCUT2D eigenvalue weighted by atomic mass is 32.2. The number of carbonyl (C=O) groups is 2. The Bertz CT molecular complexity index is 1800. The fraction of sp³-hybridized carbons (Fsp3) is 0.444. The van der Waals surface area contributed by atoms with Crippen LogP contribution in [0.3, 0.4) is 0 Å². The summed E-state index contributed by atoms with van der Waals surface area (Å²) in [6, 6.07) is 17.9. The van der Waals surface area contributed by atoms with E-state index in [4.69, 9.17) is 18.9 Å². The van der Waals surface area contributed by atoms with Gasteiger partial charge in [-0.1, -0.05) is 30.3 Å². The number of carbonyl (C=O) groups excluding carboxylic acids is 2. The third kappa shape index (κ3) is 6.30. The Balaban J connectivity index is 1.45. The topological polar surface area (TPSA) is 118 Å². The van der Waals surface area contributed by atoms with Gasteiger partial charge >= 0.3 is 6.09 Å². The van der Waals surface area contributed by atoms with Gasteiger partial charge in [0.1, 0.15) is 22.1 Å².